The molecule has 0 unspecified atom stereocenters. The molecule has 0 spiro atoms. The molecular weight excluding hydrogens is 739 g/mol. The smallest absolute Gasteiger partial charge is 0.475 e. The standard InChI is InChI=1S/C25H26N6O.3C2HF3O2/c1-19-4-8-23(27-15-19)28-25(32)21-5-6-22-7-9-24(31(22)18-21)30-13-11-29(12-14-30)17-20-3-2-10-26-16-20;3*3-2(4,5)1(6)7/h2-10,15-16,18H,11-14,17H2,1H3,(H,27,28,32);3*(H,6,7). The first-order chi connectivity index (χ1) is 24.5. The Kier molecular flexibility index (Phi) is 15.1. The summed E-state index contributed by atoms with van der Waals surface area (Å²) in [5.41, 5.74) is 3.98. The number of carboxylic acid groups (broad SMARTS) is 3. The molecule has 1 fully saturated rings. The number of aliphatic carboxylic acids is 3. The average Bonchev–Trinajstić information content (AvgIpc) is 3.50. The average molecular weight is 769 g/mol. The number of alkyl halides is 9. The number of pyridine rings is 3. The maximum absolute atomic E-state index is 12.8. The molecule has 0 aliphatic carbocycles. The molecule has 1 aliphatic rings. The number of amides is 1. The van der Waals surface area contributed by atoms with Crippen molar-refractivity contribution < 1.29 is 74.0 Å². The molecule has 0 bridgehead atoms. The Morgan fingerprint density at radius 3 is 1.72 bits per heavy atom. The van der Waals surface area contributed by atoms with Crippen molar-refractivity contribution in [1.82, 2.24) is 19.3 Å². The van der Waals surface area contributed by atoms with E-state index in [0.717, 1.165) is 49.6 Å². The highest BCUT2D eigenvalue weighted by Crippen LogP contribution is 2.23. The van der Waals surface area contributed by atoms with Crippen molar-refractivity contribution in [2.75, 3.05) is 36.4 Å². The van der Waals surface area contributed by atoms with E-state index >= 15 is 0 Å². The van der Waals surface area contributed by atoms with Gasteiger partial charge in [0.15, 0.2) is 0 Å². The Balaban J connectivity index is 0.000000379. The second-order valence-electron chi connectivity index (χ2n) is 10.6. The second kappa shape index (κ2) is 18.5. The van der Waals surface area contributed by atoms with Crippen LogP contribution in [-0.2, 0) is 20.9 Å². The molecular formula is C31H29F9N6O7. The Morgan fingerprint density at radius 1 is 0.736 bits per heavy atom. The molecule has 4 aromatic heterocycles. The largest absolute Gasteiger partial charge is 0.490 e. The molecule has 22 heteroatoms. The number of carboxylic acids is 3. The van der Waals surface area contributed by atoms with Gasteiger partial charge in [-0.1, -0.05) is 12.1 Å². The van der Waals surface area contributed by atoms with Crippen LogP contribution in [-0.4, -0.2) is 103 Å². The summed E-state index contributed by atoms with van der Waals surface area (Å²) < 4.78 is 97.3. The van der Waals surface area contributed by atoms with Crippen LogP contribution in [0, 0.1) is 6.92 Å². The van der Waals surface area contributed by atoms with Crippen molar-refractivity contribution in [3.8, 4) is 0 Å². The highest BCUT2D eigenvalue weighted by Gasteiger charge is 2.39. The van der Waals surface area contributed by atoms with Crippen molar-refractivity contribution in [3.63, 3.8) is 0 Å². The van der Waals surface area contributed by atoms with Gasteiger partial charge in [-0.15, -0.1) is 0 Å². The Morgan fingerprint density at radius 2 is 1.26 bits per heavy atom. The summed E-state index contributed by atoms with van der Waals surface area (Å²) >= 11 is 0. The summed E-state index contributed by atoms with van der Waals surface area (Å²) in [7, 11) is 0. The van der Waals surface area contributed by atoms with E-state index in [1.54, 1.807) is 6.20 Å². The van der Waals surface area contributed by atoms with Crippen molar-refractivity contribution in [2.45, 2.75) is 32.0 Å². The first-order valence-electron chi connectivity index (χ1n) is 14.6. The molecule has 5 rings (SSSR count). The van der Waals surface area contributed by atoms with Gasteiger partial charge >= 0.3 is 36.4 Å². The summed E-state index contributed by atoms with van der Waals surface area (Å²) in [6.07, 6.45) is -7.84. The molecule has 1 aliphatic heterocycles. The molecule has 0 saturated carbocycles. The first kappa shape index (κ1) is 43.2. The minimum absolute atomic E-state index is 0.163. The maximum atomic E-state index is 12.8. The van der Waals surface area contributed by atoms with E-state index in [1.807, 2.05) is 55.8 Å². The number of hydrogen-bond donors (Lipinski definition) is 4. The lowest BCUT2D eigenvalue weighted by Crippen LogP contribution is -2.46. The SMILES string of the molecule is Cc1ccc(NC(=O)c2ccc3ccc(N4CCN(Cc5cccnc5)CC4)n3c2)nc1.O=C(O)C(F)(F)F.O=C(O)C(F)(F)F.O=C(O)C(F)(F)F. The molecule has 13 nitrogen and oxygen atoms in total. The van der Waals surface area contributed by atoms with Gasteiger partial charge in [0.05, 0.1) is 5.56 Å². The Hall–Kier alpha value is -5.93. The van der Waals surface area contributed by atoms with Crippen LogP contribution in [0.4, 0.5) is 51.1 Å². The molecule has 1 amide bonds. The minimum Gasteiger partial charge on any atom is -0.475 e. The lowest BCUT2D eigenvalue weighted by atomic mass is 10.2. The monoisotopic (exact) mass is 768 g/mol. The number of fused-ring (bicyclic) bond motifs is 1. The van der Waals surface area contributed by atoms with Crippen LogP contribution in [0.2, 0.25) is 0 Å². The van der Waals surface area contributed by atoms with Crippen molar-refractivity contribution in [3.05, 3.63) is 90.0 Å². The molecule has 4 N–H and O–H groups in total. The number of anilines is 2. The van der Waals surface area contributed by atoms with Crippen LogP contribution >= 0.6 is 0 Å². The third-order valence-corrected chi connectivity index (χ3v) is 6.60. The summed E-state index contributed by atoms with van der Waals surface area (Å²) in [5, 5.41) is 24.3. The van der Waals surface area contributed by atoms with E-state index in [-0.39, 0.29) is 5.91 Å². The van der Waals surface area contributed by atoms with Crippen LogP contribution in [0.3, 0.4) is 0 Å². The van der Waals surface area contributed by atoms with Gasteiger partial charge in [-0.2, -0.15) is 39.5 Å². The molecule has 288 valence electrons. The molecule has 0 radical (unpaired) electrons. The Bertz CT molecular complexity index is 1770. The van der Waals surface area contributed by atoms with Gasteiger partial charge < -0.3 is 29.9 Å². The lowest BCUT2D eigenvalue weighted by molar-refractivity contribution is -0.193. The third-order valence-electron chi connectivity index (χ3n) is 6.60. The number of nitrogens with zero attached hydrogens (tertiary/aromatic N) is 5. The van der Waals surface area contributed by atoms with E-state index in [4.69, 9.17) is 29.7 Å². The van der Waals surface area contributed by atoms with Gasteiger partial charge in [0.1, 0.15) is 11.6 Å². The minimum atomic E-state index is -5.08. The first-order valence-corrected chi connectivity index (χ1v) is 14.6. The molecule has 0 aromatic carbocycles. The number of carbonyl (C=O) groups is 4. The van der Waals surface area contributed by atoms with Crippen molar-refractivity contribution in [1.29, 1.82) is 0 Å². The van der Waals surface area contributed by atoms with Gasteiger partial charge in [0.2, 0.25) is 0 Å². The van der Waals surface area contributed by atoms with Crippen LogP contribution in [0.15, 0.2) is 73.3 Å². The zero-order chi connectivity index (χ0) is 40.1. The number of rotatable bonds is 5. The number of hydrogen-bond acceptors (Lipinski definition) is 8. The number of aryl methyl sites for hydroxylation is 1. The highest BCUT2D eigenvalue weighted by molar-refractivity contribution is 6.03. The van der Waals surface area contributed by atoms with Crippen LogP contribution in [0.1, 0.15) is 21.5 Å². The summed E-state index contributed by atoms with van der Waals surface area (Å²) in [6, 6.07) is 15.9. The molecule has 5 heterocycles. The molecule has 53 heavy (non-hydrogen) atoms. The van der Waals surface area contributed by atoms with Crippen LogP contribution in [0.25, 0.3) is 5.52 Å². The van der Waals surface area contributed by atoms with Crippen molar-refractivity contribution >= 4 is 41.0 Å². The number of carbonyl (C=O) groups excluding carboxylic acids is 1. The topological polar surface area (TPSA) is 178 Å². The fourth-order valence-corrected chi connectivity index (χ4v) is 4.09. The van der Waals surface area contributed by atoms with E-state index in [1.165, 1.54) is 5.56 Å². The van der Waals surface area contributed by atoms with E-state index < -0.39 is 36.4 Å². The fourth-order valence-electron chi connectivity index (χ4n) is 4.09. The quantitative estimate of drug-likeness (QED) is 0.188. The van der Waals surface area contributed by atoms with Crippen LogP contribution in [0.5, 0.6) is 0 Å². The number of halogens is 9. The number of aromatic nitrogens is 3. The molecule has 1 saturated heterocycles. The molecule has 0 atom stereocenters. The zero-order valence-corrected chi connectivity index (χ0v) is 27.1. The zero-order valence-electron chi connectivity index (χ0n) is 27.1. The lowest BCUT2D eigenvalue weighted by Gasteiger charge is -2.35. The predicted octanol–water partition coefficient (Wildman–Crippen LogP) is 5.51. The highest BCUT2D eigenvalue weighted by atomic mass is 19.4. The van der Waals surface area contributed by atoms with Crippen LogP contribution < -0.4 is 10.2 Å². The maximum Gasteiger partial charge on any atom is 0.490 e. The number of piperazine rings is 1. The van der Waals surface area contributed by atoms with E-state index in [9.17, 15) is 44.3 Å². The van der Waals surface area contributed by atoms with E-state index in [2.05, 4.69) is 47.7 Å². The van der Waals surface area contributed by atoms with Gasteiger partial charge in [-0.05, 0) is 54.4 Å². The van der Waals surface area contributed by atoms with Gasteiger partial charge in [-0.3, -0.25) is 14.7 Å². The fraction of sp³-hybridized carbons (Fsp3) is 0.290. The summed E-state index contributed by atoms with van der Waals surface area (Å²) in [5.74, 6) is -6.76. The predicted molar refractivity (Wildman–Crippen MR) is 167 cm³/mol. The van der Waals surface area contributed by atoms with Gasteiger partial charge in [0.25, 0.3) is 5.91 Å². The molecule has 4 aromatic rings. The number of nitrogens with one attached hydrogen (secondary N) is 1. The normalized spacial score (nSPS) is 13.3. The van der Waals surface area contributed by atoms with E-state index in [0.29, 0.717) is 11.4 Å². The van der Waals surface area contributed by atoms with Gasteiger partial charge in [-0.25, -0.2) is 19.4 Å². The Labute approximate surface area is 292 Å². The second-order valence-corrected chi connectivity index (χ2v) is 10.6. The summed E-state index contributed by atoms with van der Waals surface area (Å²) in [4.78, 5) is 52.8. The third kappa shape index (κ3) is 14.7. The summed E-state index contributed by atoms with van der Waals surface area (Å²) in [6.45, 7) is 6.75. The van der Waals surface area contributed by atoms with Crippen molar-refractivity contribution in [2.24, 2.45) is 0 Å². The van der Waals surface area contributed by atoms with Gasteiger partial charge in [0, 0.05) is 63.0 Å².